The molecule has 0 bridgehead atoms. The lowest BCUT2D eigenvalue weighted by molar-refractivity contribution is -0.148. The van der Waals surface area contributed by atoms with Crippen LogP contribution in [0.2, 0.25) is 0 Å². The van der Waals surface area contributed by atoms with Crippen LogP contribution in [-0.2, 0) is 35.4 Å². The van der Waals surface area contributed by atoms with Gasteiger partial charge in [-0.05, 0) is 48.6 Å². The Balaban J connectivity index is 1.47. The van der Waals surface area contributed by atoms with Gasteiger partial charge in [0.2, 0.25) is 10.0 Å². The molecule has 2 aromatic rings. The average Bonchev–Trinajstić information content (AvgIpc) is 3.53. The molecule has 12 heteroatoms. The standard InChI is InChI=1S/C31H42N2O9S/c1-20(2)17-33(43(37,38)25-12-10-23(39-4)11-13-25)18-28(35)27(14-22-8-6-5-7-9-22)32-31(36)42-24-15-26-29(16-24)40-19-30(26)41-21(3)34/h5-13,20,24,26-30,35H,14-19H2,1-4H3,(H,32,36)/t24-,26+,27+,28-,29-,30+/m1/s1. The molecular formula is C31H42N2O9S. The molecule has 1 heterocycles. The highest BCUT2D eigenvalue weighted by atomic mass is 32.2. The number of hydrogen-bond donors (Lipinski definition) is 2. The molecule has 1 aliphatic carbocycles. The molecule has 43 heavy (non-hydrogen) atoms. The maximum Gasteiger partial charge on any atom is 0.407 e. The second-order valence-corrected chi connectivity index (χ2v) is 13.5. The van der Waals surface area contributed by atoms with E-state index in [1.807, 2.05) is 44.2 Å². The summed E-state index contributed by atoms with van der Waals surface area (Å²) in [5.74, 6) is 0.0692. The number of aliphatic hydroxyl groups excluding tert-OH is 1. The Bertz CT molecular complexity index is 1320. The first kappa shape index (κ1) is 32.7. The van der Waals surface area contributed by atoms with E-state index in [-0.39, 0.29) is 54.4 Å². The zero-order valence-corrected chi connectivity index (χ0v) is 25.9. The smallest absolute Gasteiger partial charge is 0.407 e. The zero-order chi connectivity index (χ0) is 31.1. The number of nitrogens with zero attached hydrogens (tertiary/aromatic N) is 1. The van der Waals surface area contributed by atoms with E-state index in [1.54, 1.807) is 12.1 Å². The average molecular weight is 619 g/mol. The number of fused-ring (bicyclic) bond motifs is 1. The van der Waals surface area contributed by atoms with Crippen molar-refractivity contribution in [2.24, 2.45) is 11.8 Å². The van der Waals surface area contributed by atoms with Crippen LogP contribution < -0.4 is 10.1 Å². The van der Waals surface area contributed by atoms with Crippen LogP contribution in [0.4, 0.5) is 4.79 Å². The van der Waals surface area contributed by atoms with Gasteiger partial charge in [0.05, 0.1) is 36.9 Å². The van der Waals surface area contributed by atoms with Crippen LogP contribution in [0.1, 0.15) is 39.2 Å². The second-order valence-electron chi connectivity index (χ2n) is 11.6. The number of aliphatic hydroxyl groups is 1. The SMILES string of the molecule is COc1ccc(S(=O)(=O)N(CC(C)C)C[C@@H](O)[C@H](Cc2ccccc2)NC(=O)O[C@@H]2C[C@@H]3[C@@H](OC(C)=O)CO[C@@H]3C2)cc1. The van der Waals surface area contributed by atoms with Gasteiger partial charge in [-0.3, -0.25) is 4.79 Å². The van der Waals surface area contributed by atoms with Gasteiger partial charge < -0.3 is 29.4 Å². The van der Waals surface area contributed by atoms with Crippen molar-refractivity contribution in [2.45, 2.75) is 75.4 Å². The summed E-state index contributed by atoms with van der Waals surface area (Å²) < 4.78 is 50.5. The lowest BCUT2D eigenvalue weighted by atomic mass is 10.0. The minimum atomic E-state index is -3.97. The highest BCUT2D eigenvalue weighted by Gasteiger charge is 2.47. The molecular weight excluding hydrogens is 576 g/mol. The Morgan fingerprint density at radius 1 is 1.05 bits per heavy atom. The van der Waals surface area contributed by atoms with Crippen molar-refractivity contribution in [3.8, 4) is 5.75 Å². The molecule has 0 spiro atoms. The molecule has 1 saturated carbocycles. The molecule has 6 atom stereocenters. The van der Waals surface area contributed by atoms with Gasteiger partial charge >= 0.3 is 12.1 Å². The van der Waals surface area contributed by atoms with E-state index < -0.39 is 34.4 Å². The van der Waals surface area contributed by atoms with E-state index >= 15 is 0 Å². The van der Waals surface area contributed by atoms with E-state index in [0.29, 0.717) is 25.2 Å². The topological polar surface area (TPSA) is 141 Å². The number of hydrogen-bond acceptors (Lipinski definition) is 9. The van der Waals surface area contributed by atoms with Crippen molar-refractivity contribution >= 4 is 22.1 Å². The fourth-order valence-electron chi connectivity index (χ4n) is 5.74. The van der Waals surface area contributed by atoms with Gasteiger partial charge in [-0.25, -0.2) is 13.2 Å². The van der Waals surface area contributed by atoms with Crippen molar-refractivity contribution < 1.29 is 42.1 Å². The Morgan fingerprint density at radius 2 is 1.74 bits per heavy atom. The van der Waals surface area contributed by atoms with E-state index in [1.165, 1.54) is 30.5 Å². The first-order chi connectivity index (χ1) is 20.5. The summed E-state index contributed by atoms with van der Waals surface area (Å²) in [5, 5.41) is 14.2. The molecule has 11 nitrogen and oxygen atoms in total. The van der Waals surface area contributed by atoms with E-state index in [0.717, 1.165) is 5.56 Å². The van der Waals surface area contributed by atoms with Gasteiger partial charge in [0.1, 0.15) is 18.0 Å². The number of alkyl carbamates (subject to hydrolysis) is 1. The van der Waals surface area contributed by atoms with Crippen molar-refractivity contribution in [3.05, 3.63) is 60.2 Å². The number of nitrogens with one attached hydrogen (secondary N) is 1. The zero-order valence-electron chi connectivity index (χ0n) is 25.0. The summed E-state index contributed by atoms with van der Waals surface area (Å²) in [6.45, 7) is 5.40. The van der Waals surface area contributed by atoms with Crippen LogP contribution in [0.5, 0.6) is 5.75 Å². The molecule has 2 aromatic carbocycles. The van der Waals surface area contributed by atoms with Crippen LogP contribution >= 0.6 is 0 Å². The van der Waals surface area contributed by atoms with Crippen LogP contribution in [0.15, 0.2) is 59.5 Å². The number of amides is 1. The third-order valence-electron chi connectivity index (χ3n) is 7.77. The van der Waals surface area contributed by atoms with Gasteiger partial charge in [0.25, 0.3) is 0 Å². The van der Waals surface area contributed by atoms with Gasteiger partial charge in [0, 0.05) is 32.4 Å². The molecule has 1 aliphatic heterocycles. The Hall–Kier alpha value is -3.19. The van der Waals surface area contributed by atoms with Crippen LogP contribution in [0.25, 0.3) is 0 Å². The van der Waals surface area contributed by atoms with Crippen LogP contribution in [0, 0.1) is 11.8 Å². The summed E-state index contributed by atoms with van der Waals surface area (Å²) in [4.78, 5) is 24.6. The van der Waals surface area contributed by atoms with Gasteiger partial charge in [-0.1, -0.05) is 44.2 Å². The van der Waals surface area contributed by atoms with Gasteiger partial charge in [0.15, 0.2) is 0 Å². The number of methoxy groups -OCH3 is 1. The first-order valence-corrected chi connectivity index (χ1v) is 16.0. The normalized spacial score (nSPS) is 23.0. The van der Waals surface area contributed by atoms with E-state index in [2.05, 4.69) is 5.32 Å². The largest absolute Gasteiger partial charge is 0.497 e. The number of carbonyl (C=O) groups is 2. The first-order valence-electron chi connectivity index (χ1n) is 14.6. The molecule has 2 aliphatic rings. The number of carbonyl (C=O) groups excluding carboxylic acids is 2. The van der Waals surface area contributed by atoms with Gasteiger partial charge in [-0.2, -0.15) is 4.31 Å². The highest BCUT2D eigenvalue weighted by molar-refractivity contribution is 7.89. The molecule has 4 rings (SSSR count). The predicted molar refractivity (Wildman–Crippen MR) is 158 cm³/mol. The van der Waals surface area contributed by atoms with Crippen molar-refractivity contribution in [1.29, 1.82) is 0 Å². The lowest BCUT2D eigenvalue weighted by Gasteiger charge is -2.31. The molecule has 0 aromatic heterocycles. The minimum Gasteiger partial charge on any atom is -0.497 e. The van der Waals surface area contributed by atoms with Crippen LogP contribution in [-0.4, -0.2) is 87.2 Å². The Labute approximate surface area is 253 Å². The monoisotopic (exact) mass is 618 g/mol. The Morgan fingerprint density at radius 3 is 2.37 bits per heavy atom. The van der Waals surface area contributed by atoms with Crippen molar-refractivity contribution in [2.75, 3.05) is 26.8 Å². The van der Waals surface area contributed by atoms with Gasteiger partial charge in [-0.15, -0.1) is 0 Å². The molecule has 0 unspecified atom stereocenters. The molecule has 1 amide bonds. The van der Waals surface area contributed by atoms with Crippen molar-refractivity contribution in [3.63, 3.8) is 0 Å². The third kappa shape index (κ3) is 8.69. The maximum absolute atomic E-state index is 13.6. The number of esters is 1. The van der Waals surface area contributed by atoms with Crippen molar-refractivity contribution in [1.82, 2.24) is 9.62 Å². The molecule has 0 radical (unpaired) electrons. The lowest BCUT2D eigenvalue weighted by Crippen LogP contribution is -2.51. The number of rotatable bonds is 13. The maximum atomic E-state index is 13.6. The van der Waals surface area contributed by atoms with E-state index in [9.17, 15) is 23.1 Å². The molecule has 236 valence electrons. The van der Waals surface area contributed by atoms with E-state index in [4.69, 9.17) is 18.9 Å². The number of ether oxygens (including phenoxy) is 4. The fourth-order valence-corrected chi connectivity index (χ4v) is 7.36. The summed E-state index contributed by atoms with van der Waals surface area (Å²) in [7, 11) is -2.47. The molecule has 2 N–H and O–H groups in total. The quantitative estimate of drug-likeness (QED) is 0.324. The predicted octanol–water partition coefficient (Wildman–Crippen LogP) is 3.15. The fraction of sp³-hybridized carbons (Fsp3) is 0.548. The summed E-state index contributed by atoms with van der Waals surface area (Å²) >= 11 is 0. The highest BCUT2D eigenvalue weighted by Crippen LogP contribution is 2.39. The summed E-state index contributed by atoms with van der Waals surface area (Å²) in [6.07, 6.45) is -1.74. The second kappa shape index (κ2) is 14.5. The number of benzene rings is 2. The Kier molecular flexibility index (Phi) is 11.0. The molecule has 1 saturated heterocycles. The summed E-state index contributed by atoms with van der Waals surface area (Å²) in [6, 6.07) is 14.6. The third-order valence-corrected chi connectivity index (χ3v) is 9.62. The molecule has 2 fully saturated rings. The summed E-state index contributed by atoms with van der Waals surface area (Å²) in [5.41, 5.74) is 0.855. The number of sulfonamides is 1. The van der Waals surface area contributed by atoms with Crippen LogP contribution in [0.3, 0.4) is 0 Å². The minimum absolute atomic E-state index is 0.0226.